The third-order valence-electron chi connectivity index (χ3n) is 3.38. The van der Waals surface area contributed by atoms with Gasteiger partial charge in [0, 0.05) is 9.75 Å². The van der Waals surface area contributed by atoms with Gasteiger partial charge in [0.15, 0.2) is 0 Å². The summed E-state index contributed by atoms with van der Waals surface area (Å²) in [5, 5.41) is 9.26. The maximum Gasteiger partial charge on any atom is 0.241 e. The fourth-order valence-corrected chi connectivity index (χ4v) is 4.63. The minimum absolute atomic E-state index is 0.172. The molecule has 6 heteroatoms. The van der Waals surface area contributed by atoms with Crippen LogP contribution >= 0.6 is 11.3 Å². The lowest BCUT2D eigenvalue weighted by molar-refractivity contribution is 0.280. The first-order chi connectivity index (χ1) is 9.85. The number of aliphatic hydroxyl groups is 1. The second-order valence-electron chi connectivity index (χ2n) is 4.99. The van der Waals surface area contributed by atoms with Crippen molar-refractivity contribution in [3.8, 4) is 0 Å². The summed E-state index contributed by atoms with van der Waals surface area (Å²) in [7, 11) is -3.62. The fraction of sp³-hybridized carbons (Fsp3) is 0.333. The Morgan fingerprint density at radius 1 is 1.24 bits per heavy atom. The Labute approximate surface area is 129 Å². The Hall–Kier alpha value is -1.21. The first kappa shape index (κ1) is 16.2. The first-order valence-electron chi connectivity index (χ1n) is 6.63. The van der Waals surface area contributed by atoms with E-state index in [1.807, 2.05) is 26.0 Å². The van der Waals surface area contributed by atoms with E-state index in [9.17, 15) is 13.5 Å². The summed E-state index contributed by atoms with van der Waals surface area (Å²) in [5.74, 6) is 0. The molecule has 0 spiro atoms. The van der Waals surface area contributed by atoms with E-state index in [0.717, 1.165) is 9.75 Å². The summed E-state index contributed by atoms with van der Waals surface area (Å²) >= 11 is 1.58. The number of aliphatic hydroxyl groups excluding tert-OH is 1. The zero-order valence-corrected chi connectivity index (χ0v) is 13.9. The Kier molecular flexibility index (Phi) is 4.83. The molecule has 1 atom stereocenters. The third-order valence-corrected chi connectivity index (χ3v) is 6.24. The number of rotatable bonds is 5. The zero-order valence-electron chi connectivity index (χ0n) is 12.3. The molecule has 0 bridgehead atoms. The van der Waals surface area contributed by atoms with Crippen molar-refractivity contribution >= 4 is 21.4 Å². The van der Waals surface area contributed by atoms with E-state index in [1.165, 1.54) is 0 Å². The molecular weight excluding hydrogens is 306 g/mol. The molecule has 0 fully saturated rings. The van der Waals surface area contributed by atoms with Crippen LogP contribution in [0.2, 0.25) is 0 Å². The molecule has 1 heterocycles. The van der Waals surface area contributed by atoms with E-state index in [1.54, 1.807) is 36.5 Å². The molecule has 0 aliphatic carbocycles. The highest BCUT2D eigenvalue weighted by Gasteiger charge is 2.21. The van der Waals surface area contributed by atoms with Gasteiger partial charge in [-0.3, -0.25) is 0 Å². The number of benzene rings is 1. The van der Waals surface area contributed by atoms with Crippen molar-refractivity contribution < 1.29 is 13.5 Å². The molecule has 0 aliphatic heterocycles. The summed E-state index contributed by atoms with van der Waals surface area (Å²) in [6.45, 7) is 5.35. The van der Waals surface area contributed by atoms with Crippen molar-refractivity contribution in [2.75, 3.05) is 0 Å². The molecular formula is C15H19NO3S2. The monoisotopic (exact) mass is 325 g/mol. The minimum atomic E-state index is -3.62. The van der Waals surface area contributed by atoms with Gasteiger partial charge in [0.2, 0.25) is 10.0 Å². The van der Waals surface area contributed by atoms with E-state index in [4.69, 9.17) is 0 Å². The molecule has 0 saturated carbocycles. The topological polar surface area (TPSA) is 66.4 Å². The van der Waals surface area contributed by atoms with Crippen molar-refractivity contribution in [2.45, 2.75) is 38.3 Å². The average Bonchev–Trinajstić information content (AvgIpc) is 2.85. The van der Waals surface area contributed by atoms with Crippen molar-refractivity contribution in [2.24, 2.45) is 0 Å². The summed E-state index contributed by atoms with van der Waals surface area (Å²) in [4.78, 5) is 2.34. The third kappa shape index (κ3) is 3.52. The highest BCUT2D eigenvalue weighted by Crippen LogP contribution is 2.25. The van der Waals surface area contributed by atoms with E-state index in [2.05, 4.69) is 4.72 Å². The van der Waals surface area contributed by atoms with Crippen LogP contribution in [0.5, 0.6) is 0 Å². The van der Waals surface area contributed by atoms with Crippen molar-refractivity contribution in [1.82, 2.24) is 4.72 Å². The van der Waals surface area contributed by atoms with Gasteiger partial charge in [-0.2, -0.15) is 0 Å². The summed E-state index contributed by atoms with van der Waals surface area (Å²) in [6.07, 6.45) is 0. The quantitative estimate of drug-likeness (QED) is 0.888. The predicted octanol–water partition coefficient (Wildman–Crippen LogP) is 2.90. The van der Waals surface area contributed by atoms with E-state index in [-0.39, 0.29) is 17.5 Å². The Balaban J connectivity index is 2.30. The highest BCUT2D eigenvalue weighted by atomic mass is 32.2. The molecule has 21 heavy (non-hydrogen) atoms. The van der Waals surface area contributed by atoms with Crippen molar-refractivity contribution in [3.05, 3.63) is 51.2 Å². The normalized spacial score (nSPS) is 13.3. The van der Waals surface area contributed by atoms with Gasteiger partial charge >= 0.3 is 0 Å². The van der Waals surface area contributed by atoms with Gasteiger partial charge in [0.1, 0.15) is 0 Å². The van der Waals surface area contributed by atoms with Crippen LogP contribution in [0.1, 0.15) is 33.8 Å². The molecule has 1 aromatic carbocycles. The van der Waals surface area contributed by atoms with Crippen LogP contribution < -0.4 is 4.72 Å². The number of nitrogens with one attached hydrogen (secondary N) is 1. The van der Waals surface area contributed by atoms with Crippen LogP contribution in [0.4, 0.5) is 0 Å². The number of hydrogen-bond acceptors (Lipinski definition) is 4. The Bertz CT molecular complexity index is 735. The maximum absolute atomic E-state index is 12.5. The SMILES string of the molecule is Cc1ccc(C(C)NS(=O)(=O)c2cccc(CO)c2C)s1. The molecule has 4 nitrogen and oxygen atoms in total. The van der Waals surface area contributed by atoms with Gasteiger partial charge in [-0.1, -0.05) is 12.1 Å². The second-order valence-corrected chi connectivity index (χ2v) is 7.99. The zero-order chi connectivity index (χ0) is 15.6. The fourth-order valence-electron chi connectivity index (χ4n) is 2.16. The number of hydrogen-bond donors (Lipinski definition) is 2. The van der Waals surface area contributed by atoms with E-state index in [0.29, 0.717) is 11.1 Å². The van der Waals surface area contributed by atoms with Gasteiger partial charge in [-0.15, -0.1) is 11.3 Å². The lowest BCUT2D eigenvalue weighted by atomic mass is 10.1. The van der Waals surface area contributed by atoms with Gasteiger partial charge in [0.25, 0.3) is 0 Å². The molecule has 1 aromatic heterocycles. The van der Waals surface area contributed by atoms with E-state index >= 15 is 0 Å². The van der Waals surface area contributed by atoms with Gasteiger partial charge in [0.05, 0.1) is 17.5 Å². The molecule has 2 N–H and O–H groups in total. The molecule has 0 radical (unpaired) electrons. The predicted molar refractivity (Wildman–Crippen MR) is 84.9 cm³/mol. The molecule has 0 amide bonds. The molecule has 0 aliphatic rings. The van der Waals surface area contributed by atoms with Gasteiger partial charge < -0.3 is 5.11 Å². The van der Waals surface area contributed by atoms with Crippen molar-refractivity contribution in [1.29, 1.82) is 0 Å². The van der Waals surface area contributed by atoms with Crippen LogP contribution in [-0.2, 0) is 16.6 Å². The standard InChI is InChI=1S/C15H19NO3S2/c1-10-7-8-14(20-10)12(3)16-21(18,19)15-6-4-5-13(9-17)11(15)2/h4-8,12,16-17H,9H2,1-3H3. The van der Waals surface area contributed by atoms with Gasteiger partial charge in [-0.05, 0) is 50.1 Å². The smallest absolute Gasteiger partial charge is 0.241 e. The van der Waals surface area contributed by atoms with Crippen molar-refractivity contribution in [3.63, 3.8) is 0 Å². The molecule has 2 rings (SSSR count). The lowest BCUT2D eigenvalue weighted by Gasteiger charge is -2.15. The maximum atomic E-state index is 12.5. The van der Waals surface area contributed by atoms with Gasteiger partial charge in [-0.25, -0.2) is 13.1 Å². The highest BCUT2D eigenvalue weighted by molar-refractivity contribution is 7.89. The average molecular weight is 325 g/mol. The summed E-state index contributed by atoms with van der Waals surface area (Å²) < 4.78 is 27.7. The van der Waals surface area contributed by atoms with Crippen LogP contribution in [0, 0.1) is 13.8 Å². The number of thiophene rings is 1. The Morgan fingerprint density at radius 3 is 2.52 bits per heavy atom. The second kappa shape index (κ2) is 6.27. The molecule has 0 saturated heterocycles. The largest absolute Gasteiger partial charge is 0.392 e. The summed E-state index contributed by atoms with van der Waals surface area (Å²) in [5.41, 5.74) is 1.21. The number of sulfonamides is 1. The summed E-state index contributed by atoms with van der Waals surface area (Å²) in [6, 6.07) is 8.55. The Morgan fingerprint density at radius 2 is 1.95 bits per heavy atom. The van der Waals surface area contributed by atoms with Crippen LogP contribution in [0.15, 0.2) is 35.2 Å². The van der Waals surface area contributed by atoms with Crippen LogP contribution in [0.25, 0.3) is 0 Å². The number of aryl methyl sites for hydroxylation is 1. The van der Waals surface area contributed by atoms with Crippen LogP contribution in [0.3, 0.4) is 0 Å². The van der Waals surface area contributed by atoms with E-state index < -0.39 is 10.0 Å². The molecule has 114 valence electrons. The molecule has 1 unspecified atom stereocenters. The van der Waals surface area contributed by atoms with Crippen LogP contribution in [-0.4, -0.2) is 13.5 Å². The minimum Gasteiger partial charge on any atom is -0.392 e. The first-order valence-corrected chi connectivity index (χ1v) is 8.93. The lowest BCUT2D eigenvalue weighted by Crippen LogP contribution is -2.27. The molecule has 2 aromatic rings.